The number of hydrogen-bond acceptors (Lipinski definition) is 1. The molecule has 0 atom stereocenters. The van der Waals surface area contributed by atoms with E-state index in [1.807, 2.05) is 0 Å². The molecule has 0 N–H and O–H groups in total. The third-order valence-electron chi connectivity index (χ3n) is 1.84. The second kappa shape index (κ2) is 4.42. The van der Waals surface area contributed by atoms with E-state index in [4.69, 9.17) is 4.74 Å². The molecule has 0 bridgehead atoms. The molecule has 14 heavy (non-hydrogen) atoms. The fourth-order valence-electron chi connectivity index (χ4n) is 0.968. The quantitative estimate of drug-likeness (QED) is 0.671. The second-order valence-corrected chi connectivity index (χ2v) is 4.32. The summed E-state index contributed by atoms with van der Waals surface area (Å²) >= 11 is 0. The van der Waals surface area contributed by atoms with Crippen LogP contribution in [0.15, 0.2) is 24.3 Å². The van der Waals surface area contributed by atoms with Gasteiger partial charge in [0.25, 0.3) is 0 Å². The first-order chi connectivity index (χ1) is 6.47. The summed E-state index contributed by atoms with van der Waals surface area (Å²) in [5.41, 5.74) is 0. The van der Waals surface area contributed by atoms with E-state index in [2.05, 4.69) is 21.1 Å². The summed E-state index contributed by atoms with van der Waals surface area (Å²) in [7, 11) is 6.32. The Hall–Kier alpha value is -1.09. The zero-order chi connectivity index (χ0) is 10.6. The minimum Gasteiger partial charge on any atom is -0.488 e. The van der Waals surface area contributed by atoms with Crippen LogP contribution >= 0.6 is 0 Å². The van der Waals surface area contributed by atoms with Crippen molar-refractivity contribution >= 4 is 0 Å². The lowest BCUT2D eigenvalue weighted by atomic mass is 10.3. The minimum absolute atomic E-state index is 0.232. The van der Waals surface area contributed by atoms with E-state index < -0.39 is 0 Å². The number of benzene rings is 1. The van der Waals surface area contributed by atoms with Crippen molar-refractivity contribution in [3.05, 3.63) is 30.1 Å². The molecule has 0 aromatic heterocycles. The number of halogens is 1. The van der Waals surface area contributed by atoms with Crippen molar-refractivity contribution in [3.63, 3.8) is 0 Å². The van der Waals surface area contributed by atoms with Crippen molar-refractivity contribution < 1.29 is 13.6 Å². The number of nitrogens with zero attached hydrogens (tertiary/aromatic N) is 1. The van der Waals surface area contributed by atoms with Crippen LogP contribution in [0.4, 0.5) is 4.39 Å². The fourth-order valence-corrected chi connectivity index (χ4v) is 0.968. The minimum atomic E-state index is -0.232. The highest BCUT2D eigenvalue weighted by molar-refractivity contribution is 5.21. The molecule has 0 heterocycles. The van der Waals surface area contributed by atoms with Gasteiger partial charge in [0.05, 0.1) is 21.1 Å². The van der Waals surface area contributed by atoms with Crippen molar-refractivity contribution in [2.45, 2.75) is 0 Å². The van der Waals surface area contributed by atoms with Crippen LogP contribution in [0.25, 0.3) is 0 Å². The van der Waals surface area contributed by atoms with E-state index in [1.54, 1.807) is 12.1 Å². The summed E-state index contributed by atoms with van der Waals surface area (Å²) < 4.78 is 18.9. The fraction of sp³-hybridized carbons (Fsp3) is 0.455. The smallest absolute Gasteiger partial charge is 0.137 e. The van der Waals surface area contributed by atoms with Gasteiger partial charge in [0.15, 0.2) is 0 Å². The van der Waals surface area contributed by atoms with E-state index in [-0.39, 0.29) is 5.82 Å². The molecule has 0 aliphatic heterocycles. The molecule has 1 aromatic carbocycles. The first kappa shape index (κ1) is 11.0. The molecular formula is C11H17FNO+. The Morgan fingerprint density at radius 1 is 1.14 bits per heavy atom. The number of quaternary nitrogens is 1. The van der Waals surface area contributed by atoms with E-state index in [0.29, 0.717) is 6.61 Å². The average Bonchev–Trinajstić information content (AvgIpc) is 2.06. The van der Waals surface area contributed by atoms with Gasteiger partial charge >= 0.3 is 0 Å². The first-order valence-corrected chi connectivity index (χ1v) is 4.66. The molecule has 1 rings (SSSR count). The molecule has 0 amide bonds. The van der Waals surface area contributed by atoms with Gasteiger partial charge in [-0.15, -0.1) is 0 Å². The molecule has 0 saturated heterocycles. The van der Waals surface area contributed by atoms with E-state index in [9.17, 15) is 4.39 Å². The second-order valence-electron chi connectivity index (χ2n) is 4.32. The summed E-state index contributed by atoms with van der Waals surface area (Å²) in [6.07, 6.45) is 0. The van der Waals surface area contributed by atoms with Gasteiger partial charge in [-0.1, -0.05) is 0 Å². The maximum absolute atomic E-state index is 12.5. The highest BCUT2D eigenvalue weighted by atomic mass is 19.1. The number of rotatable bonds is 4. The summed E-state index contributed by atoms with van der Waals surface area (Å²) in [6, 6.07) is 6.10. The molecule has 0 fully saturated rings. The SMILES string of the molecule is C[N+](C)(C)CCOc1ccc(F)cc1. The number of hydrogen-bond donors (Lipinski definition) is 0. The maximum atomic E-state index is 12.5. The zero-order valence-corrected chi connectivity index (χ0v) is 8.96. The third kappa shape index (κ3) is 4.23. The van der Waals surface area contributed by atoms with Crippen LogP contribution in [0.3, 0.4) is 0 Å². The molecule has 3 heteroatoms. The number of likely N-dealkylation sites (N-methyl/N-ethyl adjacent to an activating group) is 1. The normalized spacial score (nSPS) is 11.4. The molecule has 0 spiro atoms. The highest BCUT2D eigenvalue weighted by Crippen LogP contribution is 2.10. The topological polar surface area (TPSA) is 9.23 Å². The zero-order valence-electron chi connectivity index (χ0n) is 8.96. The molecule has 2 nitrogen and oxygen atoms in total. The summed E-state index contributed by atoms with van der Waals surface area (Å²) in [5, 5.41) is 0. The van der Waals surface area contributed by atoms with E-state index >= 15 is 0 Å². The van der Waals surface area contributed by atoms with Gasteiger partial charge in [-0.2, -0.15) is 0 Å². The van der Waals surface area contributed by atoms with Crippen LogP contribution in [0, 0.1) is 5.82 Å². The van der Waals surface area contributed by atoms with Gasteiger partial charge in [0, 0.05) is 0 Å². The van der Waals surface area contributed by atoms with Gasteiger partial charge in [-0.05, 0) is 24.3 Å². The number of ether oxygens (including phenoxy) is 1. The van der Waals surface area contributed by atoms with Gasteiger partial charge in [-0.25, -0.2) is 4.39 Å². The standard InChI is InChI=1S/C11H17FNO/c1-13(2,3)8-9-14-11-6-4-10(12)5-7-11/h4-7H,8-9H2,1-3H3/q+1. The highest BCUT2D eigenvalue weighted by Gasteiger charge is 2.06. The molecule has 78 valence electrons. The van der Waals surface area contributed by atoms with E-state index in [0.717, 1.165) is 16.8 Å². The molecule has 1 aromatic rings. The van der Waals surface area contributed by atoms with Crippen LogP contribution in [-0.4, -0.2) is 38.8 Å². The Labute approximate surface area is 84.5 Å². The maximum Gasteiger partial charge on any atom is 0.137 e. The summed E-state index contributed by atoms with van der Waals surface area (Å²) in [4.78, 5) is 0. The van der Waals surface area contributed by atoms with Gasteiger partial charge in [-0.3, -0.25) is 0 Å². The summed E-state index contributed by atoms with van der Waals surface area (Å²) in [6.45, 7) is 1.58. The van der Waals surface area contributed by atoms with E-state index in [1.165, 1.54) is 12.1 Å². The molecule has 0 unspecified atom stereocenters. The Kier molecular flexibility index (Phi) is 3.47. The Morgan fingerprint density at radius 3 is 2.21 bits per heavy atom. The monoisotopic (exact) mass is 198 g/mol. The lowest BCUT2D eigenvalue weighted by Gasteiger charge is -2.23. The Morgan fingerprint density at radius 2 is 1.71 bits per heavy atom. The lowest BCUT2D eigenvalue weighted by Crippen LogP contribution is -2.38. The predicted octanol–water partition coefficient (Wildman–Crippen LogP) is 1.91. The van der Waals surface area contributed by atoms with Gasteiger partial charge in [0.1, 0.15) is 24.7 Å². The van der Waals surface area contributed by atoms with Crippen molar-refractivity contribution in [2.75, 3.05) is 34.3 Å². The van der Waals surface area contributed by atoms with Crippen LogP contribution in [-0.2, 0) is 0 Å². The molecule has 0 radical (unpaired) electrons. The van der Waals surface area contributed by atoms with Gasteiger partial charge in [0.2, 0.25) is 0 Å². The molecule has 0 aliphatic carbocycles. The average molecular weight is 198 g/mol. The summed E-state index contributed by atoms with van der Waals surface area (Å²) in [5.74, 6) is 0.490. The first-order valence-electron chi connectivity index (χ1n) is 4.66. The van der Waals surface area contributed by atoms with Gasteiger partial charge < -0.3 is 9.22 Å². The Bertz CT molecular complexity index is 276. The van der Waals surface area contributed by atoms with Crippen LogP contribution in [0.2, 0.25) is 0 Å². The molecule has 0 aliphatic rings. The lowest BCUT2D eigenvalue weighted by molar-refractivity contribution is -0.870. The van der Waals surface area contributed by atoms with Crippen LogP contribution < -0.4 is 4.74 Å². The van der Waals surface area contributed by atoms with Crippen molar-refractivity contribution in [1.29, 1.82) is 0 Å². The third-order valence-corrected chi connectivity index (χ3v) is 1.84. The van der Waals surface area contributed by atoms with Crippen LogP contribution in [0.5, 0.6) is 5.75 Å². The Balaban J connectivity index is 2.35. The predicted molar refractivity (Wildman–Crippen MR) is 54.8 cm³/mol. The van der Waals surface area contributed by atoms with Crippen molar-refractivity contribution in [3.8, 4) is 5.75 Å². The van der Waals surface area contributed by atoms with Crippen molar-refractivity contribution in [1.82, 2.24) is 0 Å². The molecule has 0 saturated carbocycles. The van der Waals surface area contributed by atoms with Crippen molar-refractivity contribution in [2.24, 2.45) is 0 Å². The molecular weight excluding hydrogens is 181 g/mol. The van der Waals surface area contributed by atoms with Crippen LogP contribution in [0.1, 0.15) is 0 Å². The largest absolute Gasteiger partial charge is 0.488 e.